The first-order valence-electron chi connectivity index (χ1n) is 14.3. The van der Waals surface area contributed by atoms with E-state index in [1.165, 1.54) is 12.8 Å². The summed E-state index contributed by atoms with van der Waals surface area (Å²) in [5, 5.41) is 14.4. The minimum Gasteiger partial charge on any atom is -0.456 e. The van der Waals surface area contributed by atoms with Crippen LogP contribution < -0.4 is 15.4 Å². The summed E-state index contributed by atoms with van der Waals surface area (Å²) < 4.78 is 6.21. The molecule has 2 amide bonds. The average Bonchev–Trinajstić information content (AvgIpc) is 3.66. The molecular formula is C30H35N9O3. The van der Waals surface area contributed by atoms with E-state index >= 15 is 0 Å². The Labute approximate surface area is 243 Å². The summed E-state index contributed by atoms with van der Waals surface area (Å²) in [7, 11) is 2.10. The predicted molar refractivity (Wildman–Crippen MR) is 160 cm³/mol. The largest absolute Gasteiger partial charge is 0.456 e. The van der Waals surface area contributed by atoms with Crippen molar-refractivity contribution in [3.05, 3.63) is 66.1 Å². The Kier molecular flexibility index (Phi) is 7.87. The number of hydrogen-bond donors (Lipinski definition) is 4. The number of aryl methyl sites for hydroxylation is 1. The van der Waals surface area contributed by atoms with E-state index < -0.39 is 0 Å². The fraction of sp³-hybridized carbons (Fsp3) is 0.367. The molecule has 42 heavy (non-hydrogen) atoms. The number of fused-ring (bicyclic) bond motifs is 1. The van der Waals surface area contributed by atoms with Crippen molar-refractivity contribution >= 4 is 34.6 Å². The van der Waals surface area contributed by atoms with Crippen molar-refractivity contribution in [1.29, 1.82) is 0 Å². The molecule has 0 spiro atoms. The van der Waals surface area contributed by atoms with Gasteiger partial charge in [-0.25, -0.2) is 9.97 Å². The molecule has 12 nitrogen and oxygen atoms in total. The number of nitrogens with one attached hydrogen (secondary N) is 4. The molecule has 2 fully saturated rings. The number of nitrogens with zero attached hydrogens (tertiary/aromatic N) is 5. The number of carbonyl (C=O) groups is 2. The van der Waals surface area contributed by atoms with Gasteiger partial charge in [0.15, 0.2) is 11.5 Å². The Bertz CT molecular complexity index is 1590. The van der Waals surface area contributed by atoms with Gasteiger partial charge in [0.1, 0.15) is 16.9 Å². The second kappa shape index (κ2) is 12.0. The quantitative estimate of drug-likeness (QED) is 0.209. The van der Waals surface area contributed by atoms with E-state index in [1.54, 1.807) is 48.8 Å². The molecule has 2 aliphatic rings. The zero-order chi connectivity index (χ0) is 29.1. The number of piperidine rings is 1. The van der Waals surface area contributed by atoms with E-state index in [4.69, 9.17) is 4.74 Å². The number of carbonyl (C=O) groups excluding carboxylic acids is 2. The van der Waals surface area contributed by atoms with Gasteiger partial charge in [-0.05, 0) is 63.9 Å². The molecule has 1 aromatic carbocycles. The number of aromatic amines is 2. The molecule has 1 saturated carbocycles. The molecule has 6 rings (SSSR count). The smallest absolute Gasteiger partial charge is 0.257 e. The molecule has 1 aliphatic carbocycles. The lowest BCUT2D eigenvalue weighted by Crippen LogP contribution is -2.44. The third kappa shape index (κ3) is 6.44. The highest BCUT2D eigenvalue weighted by Crippen LogP contribution is 2.33. The first-order chi connectivity index (χ1) is 20.4. The van der Waals surface area contributed by atoms with Crippen LogP contribution in [0.1, 0.15) is 41.7 Å². The normalized spacial score (nSPS) is 17.2. The van der Waals surface area contributed by atoms with Gasteiger partial charge >= 0.3 is 0 Å². The van der Waals surface area contributed by atoms with Crippen LogP contribution >= 0.6 is 0 Å². The van der Waals surface area contributed by atoms with Crippen molar-refractivity contribution in [2.24, 2.45) is 0 Å². The molecular weight excluding hydrogens is 534 g/mol. The maximum atomic E-state index is 12.9. The number of ether oxygens (including phenoxy) is 1. The Morgan fingerprint density at radius 1 is 1.19 bits per heavy atom. The number of likely N-dealkylation sites (N-methyl/N-ethyl adjacent to an activating group) is 1. The van der Waals surface area contributed by atoms with Crippen LogP contribution in [-0.2, 0) is 4.79 Å². The molecule has 4 aromatic rings. The second-order valence-corrected chi connectivity index (χ2v) is 10.9. The topological polar surface area (TPSA) is 144 Å². The van der Waals surface area contributed by atoms with Crippen molar-refractivity contribution < 1.29 is 14.3 Å². The average molecular weight is 570 g/mol. The van der Waals surface area contributed by atoms with Crippen LogP contribution in [0.2, 0.25) is 0 Å². The third-order valence-corrected chi connectivity index (χ3v) is 7.60. The van der Waals surface area contributed by atoms with Crippen LogP contribution in [-0.4, -0.2) is 85.5 Å². The summed E-state index contributed by atoms with van der Waals surface area (Å²) >= 11 is 0. The third-order valence-electron chi connectivity index (χ3n) is 7.60. The summed E-state index contributed by atoms with van der Waals surface area (Å²) in [6, 6.07) is 9.36. The van der Waals surface area contributed by atoms with Gasteiger partial charge < -0.3 is 19.9 Å². The van der Waals surface area contributed by atoms with Crippen LogP contribution in [0.25, 0.3) is 11.0 Å². The Hall–Kier alpha value is -4.71. The number of hydrogen-bond acceptors (Lipinski definition) is 8. The van der Waals surface area contributed by atoms with Crippen molar-refractivity contribution in [2.45, 2.75) is 44.7 Å². The lowest BCUT2D eigenvalue weighted by molar-refractivity contribution is -0.127. The van der Waals surface area contributed by atoms with Crippen LogP contribution in [0.15, 0.2) is 54.9 Å². The summed E-state index contributed by atoms with van der Waals surface area (Å²) in [6.45, 7) is 3.97. The fourth-order valence-electron chi connectivity index (χ4n) is 5.15. The maximum Gasteiger partial charge on any atom is 0.257 e. The van der Waals surface area contributed by atoms with Gasteiger partial charge in [0.05, 0.1) is 5.69 Å². The molecule has 0 bridgehead atoms. The summed E-state index contributed by atoms with van der Waals surface area (Å²) in [6.07, 6.45) is 11.4. The molecule has 12 heteroatoms. The summed E-state index contributed by atoms with van der Waals surface area (Å²) in [5.41, 5.74) is 1.86. The number of benzene rings is 1. The van der Waals surface area contributed by atoms with Gasteiger partial charge in [-0.1, -0.05) is 6.08 Å². The highest BCUT2D eigenvalue weighted by Gasteiger charge is 2.26. The number of likely N-dealkylation sites (tertiary alicyclic amines) is 1. The van der Waals surface area contributed by atoms with Gasteiger partial charge in [-0.2, -0.15) is 5.10 Å². The predicted octanol–water partition coefficient (Wildman–Crippen LogP) is 4.09. The molecule has 4 heterocycles. The lowest BCUT2D eigenvalue weighted by Gasteiger charge is -2.32. The monoisotopic (exact) mass is 569 g/mol. The highest BCUT2D eigenvalue weighted by atomic mass is 16.5. The number of H-pyrrole nitrogens is 2. The fourth-order valence-corrected chi connectivity index (χ4v) is 5.15. The van der Waals surface area contributed by atoms with E-state index in [9.17, 15) is 9.59 Å². The number of rotatable bonds is 10. The number of aromatic nitrogens is 5. The van der Waals surface area contributed by atoms with Crippen LogP contribution in [0.3, 0.4) is 0 Å². The maximum absolute atomic E-state index is 12.9. The van der Waals surface area contributed by atoms with Gasteiger partial charge in [-0.3, -0.25) is 24.9 Å². The summed E-state index contributed by atoms with van der Waals surface area (Å²) in [5.74, 6) is 1.93. The van der Waals surface area contributed by atoms with E-state index in [-0.39, 0.29) is 17.9 Å². The Morgan fingerprint density at radius 2 is 2.02 bits per heavy atom. The van der Waals surface area contributed by atoms with Gasteiger partial charge in [0.2, 0.25) is 11.9 Å². The molecule has 1 atom stereocenters. The highest BCUT2D eigenvalue weighted by molar-refractivity contribution is 6.03. The van der Waals surface area contributed by atoms with Gasteiger partial charge in [0.25, 0.3) is 5.91 Å². The van der Waals surface area contributed by atoms with Crippen LogP contribution in [0.4, 0.5) is 11.8 Å². The number of amides is 2. The standard InChI is InChI=1S/C30H35N9O3/c1-19-17-32-30(33-19)35-29(41)20-7-11-23(12-8-20)42-24-13-14-31-27-26(24)28(37-36-27)34-21-5-3-16-39(18-21)25(40)6-4-15-38(2)22-9-10-22/h4,6-8,11-14,17,21-22H,3,5,9-10,15-16,18H2,1-2H3,(H2,31,34,36,37)(H2,32,33,35,41)/b6-4+/t21-/m1/s1. The first kappa shape index (κ1) is 27.5. The molecule has 1 aliphatic heterocycles. The molecule has 218 valence electrons. The van der Waals surface area contributed by atoms with E-state index in [1.807, 2.05) is 17.9 Å². The SMILES string of the molecule is Cc1c[nH]c(NC(=O)c2ccc(Oc3ccnc4[nH]nc(N[C@@H]5CCCN(C(=O)/C=C/CN(C)C6CC6)C5)c34)cc2)n1. The van der Waals surface area contributed by atoms with Gasteiger partial charge in [-0.15, -0.1) is 0 Å². The summed E-state index contributed by atoms with van der Waals surface area (Å²) in [4.78, 5) is 41.1. The van der Waals surface area contributed by atoms with Crippen LogP contribution in [0, 0.1) is 6.92 Å². The van der Waals surface area contributed by atoms with Crippen LogP contribution in [0.5, 0.6) is 11.5 Å². The van der Waals surface area contributed by atoms with Crippen molar-refractivity contribution in [3.63, 3.8) is 0 Å². The molecule has 0 radical (unpaired) electrons. The minimum atomic E-state index is -0.274. The van der Waals surface area contributed by atoms with Crippen molar-refractivity contribution in [2.75, 3.05) is 37.3 Å². The van der Waals surface area contributed by atoms with E-state index in [0.29, 0.717) is 47.1 Å². The van der Waals surface area contributed by atoms with Crippen molar-refractivity contribution in [1.82, 2.24) is 34.9 Å². The Balaban J connectivity index is 1.10. The Morgan fingerprint density at radius 3 is 2.79 bits per heavy atom. The zero-order valence-electron chi connectivity index (χ0n) is 23.8. The van der Waals surface area contributed by atoms with Crippen molar-refractivity contribution in [3.8, 4) is 11.5 Å². The molecule has 1 saturated heterocycles. The number of pyridine rings is 1. The minimum absolute atomic E-state index is 0.0414. The number of imidazole rings is 1. The van der Waals surface area contributed by atoms with Gasteiger partial charge in [0, 0.05) is 61.8 Å². The molecule has 0 unspecified atom stereocenters. The van der Waals surface area contributed by atoms with E-state index in [2.05, 4.69) is 47.7 Å². The lowest BCUT2D eigenvalue weighted by atomic mass is 10.1. The molecule has 4 N–H and O–H groups in total. The zero-order valence-corrected chi connectivity index (χ0v) is 23.8. The molecule has 3 aromatic heterocycles. The first-order valence-corrected chi connectivity index (χ1v) is 14.3. The number of anilines is 2. The van der Waals surface area contributed by atoms with E-state index in [0.717, 1.165) is 37.0 Å². The second-order valence-electron chi connectivity index (χ2n) is 10.9.